The van der Waals surface area contributed by atoms with Crippen molar-refractivity contribution in [2.24, 2.45) is 5.10 Å². The van der Waals surface area contributed by atoms with Crippen LogP contribution in [0.4, 0.5) is 5.13 Å². The molecule has 0 saturated heterocycles. The number of aryl methyl sites for hydroxylation is 1. The number of hydrogen-bond acceptors (Lipinski definition) is 5. The number of aromatic nitrogens is 1. The lowest BCUT2D eigenvalue weighted by atomic mass is 10.1. The van der Waals surface area contributed by atoms with E-state index in [-0.39, 0.29) is 5.91 Å². The summed E-state index contributed by atoms with van der Waals surface area (Å²) >= 11 is 1.51. The molecule has 0 aliphatic carbocycles. The number of anilines is 1. The van der Waals surface area contributed by atoms with Crippen LogP contribution in [0.1, 0.15) is 21.6 Å². The van der Waals surface area contributed by atoms with Gasteiger partial charge in [-0.3, -0.25) is 10.2 Å². The number of nitrogens with one attached hydrogen (secondary N) is 1. The molecule has 104 valence electrons. The summed E-state index contributed by atoms with van der Waals surface area (Å²) in [4.78, 5) is 17.5. The Balaban J connectivity index is 1.98. The van der Waals surface area contributed by atoms with E-state index < -0.39 is 0 Å². The molecule has 5 nitrogen and oxygen atoms in total. The van der Waals surface area contributed by atoms with Gasteiger partial charge in [0.05, 0.1) is 11.9 Å². The Kier molecular flexibility index (Phi) is 4.47. The van der Waals surface area contributed by atoms with Gasteiger partial charge in [0.25, 0.3) is 5.91 Å². The average molecular weight is 288 g/mol. The van der Waals surface area contributed by atoms with Crippen molar-refractivity contribution in [3.63, 3.8) is 0 Å². The van der Waals surface area contributed by atoms with E-state index >= 15 is 0 Å². The number of carbonyl (C=O) groups is 1. The van der Waals surface area contributed by atoms with E-state index in [2.05, 4.69) is 15.5 Å². The topological polar surface area (TPSA) is 57.6 Å². The van der Waals surface area contributed by atoms with Crippen LogP contribution in [0.25, 0.3) is 0 Å². The highest BCUT2D eigenvalue weighted by Gasteiger charge is 2.06. The first kappa shape index (κ1) is 14.2. The van der Waals surface area contributed by atoms with E-state index in [1.165, 1.54) is 11.3 Å². The zero-order valence-electron chi connectivity index (χ0n) is 11.6. The van der Waals surface area contributed by atoms with Crippen molar-refractivity contribution < 1.29 is 4.79 Å². The molecule has 1 amide bonds. The minimum Gasteiger partial charge on any atom is -0.345 e. The molecule has 0 bridgehead atoms. The van der Waals surface area contributed by atoms with Crippen molar-refractivity contribution in [3.8, 4) is 0 Å². The molecule has 6 heteroatoms. The third-order valence-electron chi connectivity index (χ3n) is 2.56. The number of hydrogen-bond donors (Lipinski definition) is 1. The fraction of sp³-hybridized carbons (Fsp3) is 0.214. The summed E-state index contributed by atoms with van der Waals surface area (Å²) in [6, 6.07) is 7.29. The summed E-state index contributed by atoms with van der Waals surface area (Å²) in [5.74, 6) is -0.00938. The molecule has 0 unspecified atom stereocenters. The monoisotopic (exact) mass is 288 g/mol. The number of nitrogens with zero attached hydrogens (tertiary/aromatic N) is 3. The summed E-state index contributed by atoms with van der Waals surface area (Å²) in [6.45, 7) is 1.94. The second kappa shape index (κ2) is 6.29. The first-order valence-electron chi connectivity index (χ1n) is 6.09. The summed E-state index contributed by atoms with van der Waals surface area (Å²) in [7, 11) is 3.47. The first-order chi connectivity index (χ1) is 9.56. The van der Waals surface area contributed by atoms with E-state index in [4.69, 9.17) is 0 Å². The van der Waals surface area contributed by atoms with Gasteiger partial charge in [0.15, 0.2) is 0 Å². The Labute approximate surface area is 122 Å². The third kappa shape index (κ3) is 3.64. The van der Waals surface area contributed by atoms with E-state index in [1.807, 2.05) is 24.4 Å². The maximum Gasteiger partial charge on any atom is 0.253 e. The number of amides is 1. The summed E-state index contributed by atoms with van der Waals surface area (Å²) in [6.07, 6.45) is 1.70. The summed E-state index contributed by atoms with van der Waals surface area (Å²) in [5, 5.41) is 6.83. The smallest absolute Gasteiger partial charge is 0.253 e. The van der Waals surface area contributed by atoms with E-state index in [9.17, 15) is 4.79 Å². The van der Waals surface area contributed by atoms with Gasteiger partial charge in [-0.1, -0.05) is 12.1 Å². The number of hydrazone groups is 1. The lowest BCUT2D eigenvalue weighted by Gasteiger charge is -2.09. The SMILES string of the molecule is Cc1csc(NN=Cc2ccc(C(=O)N(C)C)cc2)n1. The molecule has 1 heterocycles. The average Bonchev–Trinajstić information content (AvgIpc) is 2.84. The van der Waals surface area contributed by atoms with Gasteiger partial charge in [0, 0.05) is 25.0 Å². The fourth-order valence-electron chi connectivity index (χ4n) is 1.54. The highest BCUT2D eigenvalue weighted by atomic mass is 32.1. The van der Waals surface area contributed by atoms with Crippen molar-refractivity contribution in [3.05, 3.63) is 46.5 Å². The van der Waals surface area contributed by atoms with Crippen LogP contribution in [0.2, 0.25) is 0 Å². The summed E-state index contributed by atoms with van der Waals surface area (Å²) < 4.78 is 0. The molecule has 1 N–H and O–H groups in total. The molecule has 0 saturated carbocycles. The van der Waals surface area contributed by atoms with Gasteiger partial charge in [0.1, 0.15) is 0 Å². The van der Waals surface area contributed by atoms with Crippen LogP contribution >= 0.6 is 11.3 Å². The number of carbonyl (C=O) groups excluding carboxylic acids is 1. The zero-order valence-corrected chi connectivity index (χ0v) is 12.4. The number of benzene rings is 1. The zero-order chi connectivity index (χ0) is 14.5. The van der Waals surface area contributed by atoms with Gasteiger partial charge in [-0.25, -0.2) is 4.98 Å². The van der Waals surface area contributed by atoms with Gasteiger partial charge in [-0.05, 0) is 24.6 Å². The van der Waals surface area contributed by atoms with E-state index in [0.717, 1.165) is 16.4 Å². The van der Waals surface area contributed by atoms with Crippen LogP contribution in [-0.2, 0) is 0 Å². The van der Waals surface area contributed by atoms with Crippen LogP contribution in [0.3, 0.4) is 0 Å². The Morgan fingerprint density at radius 1 is 1.35 bits per heavy atom. The number of rotatable bonds is 4. The lowest BCUT2D eigenvalue weighted by Crippen LogP contribution is -2.21. The van der Waals surface area contributed by atoms with Crippen molar-refractivity contribution >= 4 is 28.6 Å². The van der Waals surface area contributed by atoms with Gasteiger partial charge in [-0.2, -0.15) is 5.10 Å². The highest BCUT2D eigenvalue weighted by Crippen LogP contribution is 2.14. The molecule has 20 heavy (non-hydrogen) atoms. The van der Waals surface area contributed by atoms with Crippen LogP contribution < -0.4 is 5.43 Å². The summed E-state index contributed by atoms with van der Waals surface area (Å²) in [5.41, 5.74) is 5.42. The molecule has 0 aliphatic heterocycles. The molecule has 0 radical (unpaired) electrons. The van der Waals surface area contributed by atoms with Crippen molar-refractivity contribution in [2.75, 3.05) is 19.5 Å². The quantitative estimate of drug-likeness (QED) is 0.695. The van der Waals surface area contributed by atoms with Crippen LogP contribution in [0.5, 0.6) is 0 Å². The molecule has 0 fully saturated rings. The standard InChI is InChI=1S/C14H16N4OS/c1-10-9-20-14(16-10)17-15-8-11-4-6-12(7-5-11)13(19)18(2)3/h4-9H,1-3H3,(H,16,17). The Morgan fingerprint density at radius 2 is 2.05 bits per heavy atom. The van der Waals surface area contributed by atoms with Crippen LogP contribution in [0.15, 0.2) is 34.7 Å². The van der Waals surface area contributed by atoms with Gasteiger partial charge in [0.2, 0.25) is 5.13 Å². The second-order valence-electron chi connectivity index (χ2n) is 4.49. The molecule has 0 spiro atoms. The minimum atomic E-state index is -0.00938. The van der Waals surface area contributed by atoms with Crippen LogP contribution in [-0.4, -0.2) is 36.1 Å². The largest absolute Gasteiger partial charge is 0.345 e. The fourth-order valence-corrected chi connectivity index (χ4v) is 2.17. The predicted molar refractivity (Wildman–Crippen MR) is 82.5 cm³/mol. The molecule has 1 aromatic heterocycles. The Hall–Kier alpha value is -2.21. The second-order valence-corrected chi connectivity index (χ2v) is 5.34. The maximum absolute atomic E-state index is 11.7. The van der Waals surface area contributed by atoms with E-state index in [1.54, 1.807) is 37.3 Å². The van der Waals surface area contributed by atoms with Crippen LogP contribution in [0, 0.1) is 6.92 Å². The molecule has 2 rings (SSSR count). The Bertz CT molecular complexity index is 616. The molecule has 0 aliphatic rings. The predicted octanol–water partition coefficient (Wildman–Crippen LogP) is 2.60. The maximum atomic E-state index is 11.7. The lowest BCUT2D eigenvalue weighted by molar-refractivity contribution is 0.0827. The highest BCUT2D eigenvalue weighted by molar-refractivity contribution is 7.13. The number of thiazole rings is 1. The third-order valence-corrected chi connectivity index (χ3v) is 3.42. The van der Waals surface area contributed by atoms with Crippen molar-refractivity contribution in [1.29, 1.82) is 0 Å². The normalized spacial score (nSPS) is 10.8. The molecule has 1 aromatic carbocycles. The molecular weight excluding hydrogens is 272 g/mol. The van der Waals surface area contributed by atoms with Crippen molar-refractivity contribution in [2.45, 2.75) is 6.92 Å². The van der Waals surface area contributed by atoms with Crippen molar-refractivity contribution in [1.82, 2.24) is 9.88 Å². The van der Waals surface area contributed by atoms with Gasteiger partial charge in [-0.15, -0.1) is 11.3 Å². The van der Waals surface area contributed by atoms with E-state index in [0.29, 0.717) is 5.56 Å². The molecule has 0 atom stereocenters. The minimum absolute atomic E-state index is 0.00938. The Morgan fingerprint density at radius 3 is 2.60 bits per heavy atom. The van der Waals surface area contributed by atoms with Gasteiger partial charge >= 0.3 is 0 Å². The molecule has 2 aromatic rings. The first-order valence-corrected chi connectivity index (χ1v) is 6.97. The van der Waals surface area contributed by atoms with Gasteiger partial charge < -0.3 is 4.90 Å². The molecular formula is C14H16N4OS.